The molecule has 1 aromatic heterocycles. The second-order valence-corrected chi connectivity index (χ2v) is 5.94. The number of aryl methyl sites for hydroxylation is 1. The summed E-state index contributed by atoms with van der Waals surface area (Å²) >= 11 is 5.93. The smallest absolute Gasteiger partial charge is 0.293 e. The Morgan fingerprint density at radius 1 is 1.38 bits per heavy atom. The highest BCUT2D eigenvalue weighted by atomic mass is 35.5. The Morgan fingerprint density at radius 2 is 2.05 bits per heavy atom. The number of carbonyl (C=O) groups is 1. The van der Waals surface area contributed by atoms with Crippen molar-refractivity contribution in [3.8, 4) is 0 Å². The van der Waals surface area contributed by atoms with Crippen LogP contribution in [0.25, 0.3) is 0 Å². The summed E-state index contributed by atoms with van der Waals surface area (Å²) in [6.45, 7) is 3.84. The Labute approximate surface area is 128 Å². The van der Waals surface area contributed by atoms with Gasteiger partial charge < -0.3 is 9.42 Å². The molecule has 0 radical (unpaired) electrons. The molecule has 0 bridgehead atoms. The third-order valence-corrected chi connectivity index (χ3v) is 4.04. The van der Waals surface area contributed by atoms with Crippen molar-refractivity contribution in [2.24, 2.45) is 0 Å². The van der Waals surface area contributed by atoms with Gasteiger partial charge in [-0.15, -0.1) is 0 Å². The Kier molecular flexibility index (Phi) is 3.72. The second-order valence-electron chi connectivity index (χ2n) is 5.50. The number of hydrogen-bond donors (Lipinski definition) is 0. The van der Waals surface area contributed by atoms with E-state index in [-0.39, 0.29) is 18.0 Å². The lowest BCUT2D eigenvalue weighted by Gasteiger charge is -2.28. The van der Waals surface area contributed by atoms with Gasteiger partial charge in [0.15, 0.2) is 0 Å². The molecule has 4 nitrogen and oxygen atoms in total. The van der Waals surface area contributed by atoms with Gasteiger partial charge in [-0.1, -0.05) is 28.9 Å². The van der Waals surface area contributed by atoms with E-state index in [2.05, 4.69) is 5.16 Å². The van der Waals surface area contributed by atoms with E-state index < -0.39 is 0 Å². The predicted octanol–water partition coefficient (Wildman–Crippen LogP) is 4.00. The van der Waals surface area contributed by atoms with E-state index >= 15 is 0 Å². The van der Waals surface area contributed by atoms with Crippen molar-refractivity contribution in [3.05, 3.63) is 52.4 Å². The lowest BCUT2D eigenvalue weighted by atomic mass is 10.1. The van der Waals surface area contributed by atoms with Crippen LogP contribution in [0.1, 0.15) is 47.6 Å². The van der Waals surface area contributed by atoms with Crippen LogP contribution >= 0.6 is 11.6 Å². The lowest BCUT2D eigenvalue weighted by molar-refractivity contribution is 0.0631. The van der Waals surface area contributed by atoms with Crippen LogP contribution in [0, 0.1) is 6.92 Å². The minimum atomic E-state index is -0.0967. The third kappa shape index (κ3) is 2.95. The fourth-order valence-electron chi connectivity index (χ4n) is 2.50. The molecule has 1 aliphatic rings. The van der Waals surface area contributed by atoms with Crippen molar-refractivity contribution < 1.29 is 9.32 Å². The molecule has 0 spiro atoms. The molecule has 0 aliphatic heterocycles. The molecule has 21 heavy (non-hydrogen) atoms. The first-order valence-electron chi connectivity index (χ1n) is 7.07. The van der Waals surface area contributed by atoms with Gasteiger partial charge >= 0.3 is 0 Å². The van der Waals surface area contributed by atoms with Crippen molar-refractivity contribution in [2.45, 2.75) is 38.8 Å². The first kappa shape index (κ1) is 14.1. The number of halogens is 1. The molecule has 0 saturated heterocycles. The summed E-state index contributed by atoms with van der Waals surface area (Å²) in [5.74, 6) is 0.209. The number of rotatable bonds is 4. The standard InChI is InChI=1S/C16H17ClN2O2/c1-10-9-15(21-18-10)16(20)19(14-7-8-14)11(2)12-3-5-13(17)6-4-12/h3-6,9,11,14H,7-8H2,1-2H3/t11-/m1/s1. The molecular weight excluding hydrogens is 288 g/mol. The van der Waals surface area contributed by atoms with Crippen LogP contribution in [0.2, 0.25) is 5.02 Å². The summed E-state index contributed by atoms with van der Waals surface area (Å²) < 4.78 is 5.13. The Hall–Kier alpha value is -1.81. The average Bonchev–Trinajstić information content (AvgIpc) is 3.20. The average molecular weight is 305 g/mol. The van der Waals surface area contributed by atoms with E-state index in [1.54, 1.807) is 6.07 Å². The zero-order valence-corrected chi connectivity index (χ0v) is 12.8. The van der Waals surface area contributed by atoms with E-state index in [1.807, 2.05) is 43.0 Å². The van der Waals surface area contributed by atoms with Gasteiger partial charge in [0.2, 0.25) is 5.76 Å². The molecule has 110 valence electrons. The van der Waals surface area contributed by atoms with Crippen molar-refractivity contribution in [2.75, 3.05) is 0 Å². The molecular formula is C16H17ClN2O2. The van der Waals surface area contributed by atoms with Gasteiger partial charge in [0.05, 0.1) is 11.7 Å². The van der Waals surface area contributed by atoms with Gasteiger partial charge in [0.25, 0.3) is 5.91 Å². The van der Waals surface area contributed by atoms with Gasteiger partial charge in [0, 0.05) is 17.1 Å². The van der Waals surface area contributed by atoms with Crippen LogP contribution in [0.4, 0.5) is 0 Å². The summed E-state index contributed by atoms with van der Waals surface area (Å²) in [6, 6.07) is 9.57. The predicted molar refractivity (Wildman–Crippen MR) is 80.3 cm³/mol. The van der Waals surface area contributed by atoms with Crippen LogP contribution in [-0.2, 0) is 0 Å². The second kappa shape index (κ2) is 5.53. The maximum Gasteiger partial charge on any atom is 0.293 e. The number of nitrogens with zero attached hydrogens (tertiary/aromatic N) is 2. The summed E-state index contributed by atoms with van der Waals surface area (Å²) in [5.41, 5.74) is 1.78. The maximum atomic E-state index is 12.7. The summed E-state index contributed by atoms with van der Waals surface area (Å²) in [5, 5.41) is 4.50. The largest absolute Gasteiger partial charge is 0.351 e. The molecule has 0 unspecified atom stereocenters. The van der Waals surface area contributed by atoms with Crippen molar-refractivity contribution in [1.29, 1.82) is 0 Å². The normalized spacial score (nSPS) is 15.8. The molecule has 2 aromatic rings. The van der Waals surface area contributed by atoms with Crippen LogP contribution in [0.5, 0.6) is 0 Å². The fourth-order valence-corrected chi connectivity index (χ4v) is 2.63. The number of carbonyl (C=O) groups excluding carboxylic acids is 1. The minimum absolute atomic E-state index is 0.0207. The topological polar surface area (TPSA) is 46.3 Å². The molecule has 0 N–H and O–H groups in total. The Morgan fingerprint density at radius 3 is 2.57 bits per heavy atom. The van der Waals surface area contributed by atoms with Crippen molar-refractivity contribution in [1.82, 2.24) is 10.1 Å². The minimum Gasteiger partial charge on any atom is -0.351 e. The van der Waals surface area contributed by atoms with Gasteiger partial charge in [-0.05, 0) is 44.4 Å². The zero-order chi connectivity index (χ0) is 15.0. The molecule has 3 rings (SSSR count). The quantitative estimate of drug-likeness (QED) is 0.857. The van der Waals surface area contributed by atoms with E-state index in [0.717, 1.165) is 18.4 Å². The van der Waals surface area contributed by atoms with Crippen LogP contribution in [0.3, 0.4) is 0 Å². The maximum absolute atomic E-state index is 12.7. The van der Waals surface area contributed by atoms with Crippen LogP contribution < -0.4 is 0 Å². The highest BCUT2D eigenvalue weighted by molar-refractivity contribution is 6.30. The highest BCUT2D eigenvalue weighted by Crippen LogP contribution is 2.35. The number of hydrogen-bond acceptors (Lipinski definition) is 3. The highest BCUT2D eigenvalue weighted by Gasteiger charge is 2.38. The molecule has 1 aliphatic carbocycles. The van der Waals surface area contributed by atoms with Crippen molar-refractivity contribution >= 4 is 17.5 Å². The number of benzene rings is 1. The van der Waals surface area contributed by atoms with Crippen LogP contribution in [0.15, 0.2) is 34.9 Å². The van der Waals surface area contributed by atoms with Gasteiger partial charge in [-0.25, -0.2) is 0 Å². The summed E-state index contributed by atoms with van der Waals surface area (Å²) in [6.07, 6.45) is 2.08. The lowest BCUT2D eigenvalue weighted by Crippen LogP contribution is -2.35. The molecule has 1 heterocycles. The van der Waals surface area contributed by atoms with Gasteiger partial charge in [-0.3, -0.25) is 4.79 Å². The van der Waals surface area contributed by atoms with Gasteiger partial charge in [0.1, 0.15) is 0 Å². The monoisotopic (exact) mass is 304 g/mol. The SMILES string of the molecule is Cc1cc(C(=O)N(C2CC2)[C@H](C)c2ccc(Cl)cc2)on1. The van der Waals surface area contributed by atoms with Gasteiger partial charge in [-0.2, -0.15) is 0 Å². The van der Waals surface area contributed by atoms with E-state index in [1.165, 1.54) is 0 Å². The molecule has 1 amide bonds. The fraction of sp³-hybridized carbons (Fsp3) is 0.375. The summed E-state index contributed by atoms with van der Waals surface area (Å²) in [4.78, 5) is 14.6. The number of amides is 1. The molecule has 1 saturated carbocycles. The zero-order valence-electron chi connectivity index (χ0n) is 12.0. The van der Waals surface area contributed by atoms with E-state index in [9.17, 15) is 4.79 Å². The molecule has 1 atom stereocenters. The Balaban J connectivity index is 1.87. The Bertz CT molecular complexity index is 647. The van der Waals surface area contributed by atoms with Crippen molar-refractivity contribution in [3.63, 3.8) is 0 Å². The number of aromatic nitrogens is 1. The molecule has 5 heteroatoms. The van der Waals surface area contributed by atoms with Crippen LogP contribution in [-0.4, -0.2) is 22.0 Å². The summed E-state index contributed by atoms with van der Waals surface area (Å²) in [7, 11) is 0. The van der Waals surface area contributed by atoms with E-state index in [4.69, 9.17) is 16.1 Å². The first-order valence-corrected chi connectivity index (χ1v) is 7.45. The third-order valence-electron chi connectivity index (χ3n) is 3.78. The molecule has 1 fully saturated rings. The van der Waals surface area contributed by atoms with E-state index in [0.29, 0.717) is 16.5 Å². The first-order chi connectivity index (χ1) is 10.1. The molecule has 1 aromatic carbocycles.